The van der Waals surface area contributed by atoms with E-state index in [0.717, 1.165) is 5.75 Å². The summed E-state index contributed by atoms with van der Waals surface area (Å²) in [4.78, 5) is 0. The maximum Gasteiger partial charge on any atom is 0.122 e. The van der Waals surface area contributed by atoms with E-state index in [2.05, 4.69) is 70.4 Å². The van der Waals surface area contributed by atoms with Crippen molar-refractivity contribution in [3.05, 3.63) is 57.7 Å². The average molecular weight is 379 g/mol. The third-order valence-electron chi connectivity index (χ3n) is 3.93. The predicted molar refractivity (Wildman–Crippen MR) is 91.5 cm³/mol. The van der Waals surface area contributed by atoms with E-state index in [4.69, 9.17) is 4.74 Å². The normalized spacial score (nSPS) is 21.1. The fraction of sp³-hybridized carbons (Fsp3) is 0.294. The molecule has 1 aliphatic rings. The number of ether oxygens (including phenoxy) is 1. The molecule has 2 nitrogen and oxygen atoms in total. The predicted octanol–water partition coefficient (Wildman–Crippen LogP) is 4.66. The fourth-order valence-corrected chi connectivity index (χ4v) is 3.13. The van der Waals surface area contributed by atoms with E-state index < -0.39 is 0 Å². The summed E-state index contributed by atoms with van der Waals surface area (Å²) in [5.74, 6) is 1.64. The van der Waals surface area contributed by atoms with Gasteiger partial charge in [0.15, 0.2) is 0 Å². The first kappa shape index (κ1) is 13.7. The van der Waals surface area contributed by atoms with E-state index in [-0.39, 0.29) is 0 Å². The van der Waals surface area contributed by atoms with Gasteiger partial charge in [-0.15, -0.1) is 0 Å². The number of halogens is 1. The van der Waals surface area contributed by atoms with Crippen LogP contribution in [0.25, 0.3) is 0 Å². The zero-order valence-corrected chi connectivity index (χ0v) is 13.6. The largest absolute Gasteiger partial charge is 0.496 e. The van der Waals surface area contributed by atoms with Gasteiger partial charge < -0.3 is 10.1 Å². The van der Waals surface area contributed by atoms with Gasteiger partial charge in [-0.25, -0.2) is 0 Å². The van der Waals surface area contributed by atoms with Gasteiger partial charge in [0, 0.05) is 15.3 Å². The van der Waals surface area contributed by atoms with Crippen molar-refractivity contribution in [1.29, 1.82) is 0 Å². The van der Waals surface area contributed by atoms with Crippen LogP contribution in [-0.2, 0) is 0 Å². The summed E-state index contributed by atoms with van der Waals surface area (Å²) in [6, 6.07) is 17.5. The lowest BCUT2D eigenvalue weighted by atomic mass is 9.75. The number of para-hydroxylation sites is 1. The number of rotatable bonds is 4. The van der Waals surface area contributed by atoms with E-state index in [9.17, 15) is 0 Å². The van der Waals surface area contributed by atoms with Crippen LogP contribution in [0, 0.1) is 3.57 Å². The fourth-order valence-electron chi connectivity index (χ4n) is 2.78. The minimum absolute atomic E-state index is 0.574. The molecule has 20 heavy (non-hydrogen) atoms. The SMILES string of the molecule is COc1ccccc1C1CC(Nc2ccc(I)cc2)C1. The first-order valence-electron chi connectivity index (χ1n) is 6.91. The second kappa shape index (κ2) is 6.04. The summed E-state index contributed by atoms with van der Waals surface area (Å²) in [7, 11) is 1.75. The van der Waals surface area contributed by atoms with Crippen molar-refractivity contribution in [2.45, 2.75) is 24.8 Å². The Bertz CT molecular complexity index is 576. The first-order valence-corrected chi connectivity index (χ1v) is 7.99. The van der Waals surface area contributed by atoms with Gasteiger partial charge in [-0.3, -0.25) is 0 Å². The number of nitrogens with one attached hydrogen (secondary N) is 1. The van der Waals surface area contributed by atoms with E-state index >= 15 is 0 Å². The molecule has 2 aromatic rings. The molecular weight excluding hydrogens is 361 g/mol. The molecule has 0 aliphatic heterocycles. The van der Waals surface area contributed by atoms with Crippen molar-refractivity contribution in [3.8, 4) is 5.75 Å². The monoisotopic (exact) mass is 379 g/mol. The van der Waals surface area contributed by atoms with Crippen LogP contribution in [0.5, 0.6) is 5.75 Å². The second-order valence-corrected chi connectivity index (χ2v) is 6.50. The van der Waals surface area contributed by atoms with Gasteiger partial charge in [-0.2, -0.15) is 0 Å². The van der Waals surface area contributed by atoms with Crippen molar-refractivity contribution in [2.24, 2.45) is 0 Å². The third kappa shape index (κ3) is 2.92. The number of benzene rings is 2. The highest BCUT2D eigenvalue weighted by Crippen LogP contribution is 2.42. The molecule has 0 amide bonds. The van der Waals surface area contributed by atoms with Crippen molar-refractivity contribution >= 4 is 28.3 Å². The smallest absolute Gasteiger partial charge is 0.122 e. The van der Waals surface area contributed by atoms with Crippen LogP contribution in [-0.4, -0.2) is 13.2 Å². The number of methoxy groups -OCH3 is 1. The summed E-state index contributed by atoms with van der Waals surface area (Å²) < 4.78 is 6.72. The molecular formula is C17H18INO. The highest BCUT2D eigenvalue weighted by molar-refractivity contribution is 14.1. The van der Waals surface area contributed by atoms with Gasteiger partial charge in [0.2, 0.25) is 0 Å². The van der Waals surface area contributed by atoms with Gasteiger partial charge in [-0.1, -0.05) is 18.2 Å². The topological polar surface area (TPSA) is 21.3 Å². The van der Waals surface area contributed by atoms with Crippen LogP contribution in [0.15, 0.2) is 48.5 Å². The Balaban J connectivity index is 1.60. The van der Waals surface area contributed by atoms with Crippen LogP contribution >= 0.6 is 22.6 Å². The Labute approximate surface area is 133 Å². The lowest BCUT2D eigenvalue weighted by Crippen LogP contribution is -2.34. The minimum atomic E-state index is 0.574. The standard InChI is InChI=1S/C17H18INO/c1-20-17-5-3-2-4-16(17)12-10-15(11-12)19-14-8-6-13(18)7-9-14/h2-9,12,15,19H,10-11H2,1H3. The number of hydrogen-bond acceptors (Lipinski definition) is 2. The molecule has 0 heterocycles. The Morgan fingerprint density at radius 2 is 1.75 bits per heavy atom. The summed E-state index contributed by atoms with van der Waals surface area (Å²) >= 11 is 2.33. The minimum Gasteiger partial charge on any atom is -0.496 e. The van der Waals surface area contributed by atoms with E-state index in [0.29, 0.717) is 12.0 Å². The lowest BCUT2D eigenvalue weighted by Gasteiger charge is -2.37. The molecule has 104 valence electrons. The molecule has 1 fully saturated rings. The zero-order valence-electron chi connectivity index (χ0n) is 11.5. The highest BCUT2D eigenvalue weighted by Gasteiger charge is 2.31. The van der Waals surface area contributed by atoms with Gasteiger partial charge >= 0.3 is 0 Å². The molecule has 3 rings (SSSR count). The molecule has 1 saturated carbocycles. The Kier molecular flexibility index (Phi) is 4.15. The highest BCUT2D eigenvalue weighted by atomic mass is 127. The molecule has 2 aromatic carbocycles. The molecule has 0 atom stereocenters. The van der Waals surface area contributed by atoms with Crippen LogP contribution < -0.4 is 10.1 Å². The maximum atomic E-state index is 5.45. The van der Waals surface area contributed by atoms with Crippen LogP contribution in [0.4, 0.5) is 5.69 Å². The Morgan fingerprint density at radius 3 is 2.45 bits per heavy atom. The molecule has 3 heteroatoms. The molecule has 0 radical (unpaired) electrons. The number of anilines is 1. The van der Waals surface area contributed by atoms with Crippen molar-refractivity contribution in [3.63, 3.8) is 0 Å². The maximum absolute atomic E-state index is 5.45. The van der Waals surface area contributed by atoms with Crippen LogP contribution in [0.1, 0.15) is 24.3 Å². The van der Waals surface area contributed by atoms with E-state index in [1.54, 1.807) is 7.11 Å². The summed E-state index contributed by atoms with van der Waals surface area (Å²) in [5.41, 5.74) is 2.56. The van der Waals surface area contributed by atoms with E-state index in [1.807, 2.05) is 6.07 Å². The Hall–Kier alpha value is -1.23. The van der Waals surface area contributed by atoms with Crippen LogP contribution in [0.2, 0.25) is 0 Å². The first-order chi connectivity index (χ1) is 9.76. The van der Waals surface area contributed by atoms with Crippen LogP contribution in [0.3, 0.4) is 0 Å². The van der Waals surface area contributed by atoms with Gasteiger partial charge in [0.1, 0.15) is 5.75 Å². The molecule has 0 aromatic heterocycles. The van der Waals surface area contributed by atoms with E-state index in [1.165, 1.54) is 27.7 Å². The molecule has 0 bridgehead atoms. The molecule has 1 aliphatic carbocycles. The van der Waals surface area contributed by atoms with Gasteiger partial charge in [0.25, 0.3) is 0 Å². The quantitative estimate of drug-likeness (QED) is 0.781. The Morgan fingerprint density at radius 1 is 1.05 bits per heavy atom. The van der Waals surface area contributed by atoms with Gasteiger partial charge in [-0.05, 0) is 77.2 Å². The molecule has 0 spiro atoms. The van der Waals surface area contributed by atoms with Crippen molar-refractivity contribution < 1.29 is 4.74 Å². The average Bonchev–Trinajstić information content (AvgIpc) is 2.44. The summed E-state index contributed by atoms with van der Waals surface area (Å²) in [5, 5.41) is 3.60. The zero-order chi connectivity index (χ0) is 13.9. The summed E-state index contributed by atoms with van der Waals surface area (Å²) in [6.45, 7) is 0. The lowest BCUT2D eigenvalue weighted by molar-refractivity contribution is 0.350. The summed E-state index contributed by atoms with van der Waals surface area (Å²) in [6.07, 6.45) is 2.35. The third-order valence-corrected chi connectivity index (χ3v) is 4.65. The number of hydrogen-bond donors (Lipinski definition) is 1. The van der Waals surface area contributed by atoms with Crippen molar-refractivity contribution in [1.82, 2.24) is 0 Å². The molecule has 0 saturated heterocycles. The molecule has 0 unspecified atom stereocenters. The molecule has 1 N–H and O–H groups in total. The second-order valence-electron chi connectivity index (χ2n) is 5.26. The van der Waals surface area contributed by atoms with Gasteiger partial charge in [0.05, 0.1) is 7.11 Å². The van der Waals surface area contributed by atoms with Crippen molar-refractivity contribution in [2.75, 3.05) is 12.4 Å².